The van der Waals surface area contributed by atoms with E-state index in [1.807, 2.05) is 0 Å². The predicted molar refractivity (Wildman–Crippen MR) is 65.2 cm³/mol. The molecule has 1 atom stereocenters. The molecule has 1 unspecified atom stereocenters. The van der Waals surface area contributed by atoms with E-state index < -0.39 is 0 Å². The maximum atomic E-state index is 8.78. The highest BCUT2D eigenvalue weighted by Gasteiger charge is 2.00. The molecule has 1 rings (SSSR count). The fourth-order valence-electron chi connectivity index (χ4n) is 1.51. The van der Waals surface area contributed by atoms with Crippen molar-refractivity contribution in [3.8, 4) is 0 Å². The lowest BCUT2D eigenvalue weighted by Crippen LogP contribution is -2.26. The third kappa shape index (κ3) is 4.75. The van der Waals surface area contributed by atoms with Crippen molar-refractivity contribution in [2.24, 2.45) is 0 Å². The third-order valence-corrected chi connectivity index (χ3v) is 2.55. The zero-order valence-corrected chi connectivity index (χ0v) is 10.1. The fraction of sp³-hybridized carbons (Fsp3) is 0.538. The Morgan fingerprint density at radius 3 is 2.44 bits per heavy atom. The monoisotopic (exact) mass is 223 g/mol. The van der Waals surface area contributed by atoms with Crippen molar-refractivity contribution in [1.29, 1.82) is 0 Å². The summed E-state index contributed by atoms with van der Waals surface area (Å²) in [5.41, 5.74) is 2.44. The summed E-state index contributed by atoms with van der Waals surface area (Å²) in [5.74, 6) is 0. The number of aliphatic hydroxyl groups is 1. The second-order valence-corrected chi connectivity index (χ2v) is 4.04. The van der Waals surface area contributed by atoms with Crippen LogP contribution in [0.25, 0.3) is 0 Å². The van der Waals surface area contributed by atoms with Gasteiger partial charge < -0.3 is 15.2 Å². The van der Waals surface area contributed by atoms with Gasteiger partial charge in [-0.15, -0.1) is 0 Å². The van der Waals surface area contributed by atoms with Crippen molar-refractivity contribution < 1.29 is 9.84 Å². The summed E-state index contributed by atoms with van der Waals surface area (Å²) in [6.45, 7) is 3.82. The number of benzene rings is 1. The smallest absolute Gasteiger partial charge is 0.0713 e. The van der Waals surface area contributed by atoms with Gasteiger partial charge in [-0.25, -0.2) is 0 Å². The van der Waals surface area contributed by atoms with E-state index in [4.69, 9.17) is 9.84 Å². The quantitative estimate of drug-likeness (QED) is 0.739. The molecule has 1 aromatic carbocycles. The van der Waals surface area contributed by atoms with Crippen LogP contribution >= 0.6 is 0 Å². The largest absolute Gasteiger partial charge is 0.396 e. The standard InChI is InChI=1S/C13H21NO2/c1-11(7-8-15)14-9-12-3-5-13(6-4-12)10-16-2/h3-6,11,14-15H,7-10H2,1-2H3. The van der Waals surface area contributed by atoms with Crippen LogP contribution in [0.5, 0.6) is 0 Å². The van der Waals surface area contributed by atoms with E-state index in [0.29, 0.717) is 12.6 Å². The fourth-order valence-corrected chi connectivity index (χ4v) is 1.51. The van der Waals surface area contributed by atoms with E-state index in [9.17, 15) is 0 Å². The Morgan fingerprint density at radius 2 is 1.88 bits per heavy atom. The van der Waals surface area contributed by atoms with Gasteiger partial charge in [-0.3, -0.25) is 0 Å². The van der Waals surface area contributed by atoms with Crippen molar-refractivity contribution in [3.63, 3.8) is 0 Å². The predicted octanol–water partition coefficient (Wildman–Crippen LogP) is 1.69. The molecule has 0 saturated carbocycles. The Balaban J connectivity index is 2.37. The van der Waals surface area contributed by atoms with Gasteiger partial charge in [-0.1, -0.05) is 24.3 Å². The Hall–Kier alpha value is -0.900. The molecular formula is C13H21NO2. The van der Waals surface area contributed by atoms with Crippen molar-refractivity contribution in [1.82, 2.24) is 5.32 Å². The topological polar surface area (TPSA) is 41.5 Å². The van der Waals surface area contributed by atoms with Crippen molar-refractivity contribution in [2.75, 3.05) is 13.7 Å². The van der Waals surface area contributed by atoms with Crippen molar-refractivity contribution in [2.45, 2.75) is 32.5 Å². The van der Waals surface area contributed by atoms with Crippen LogP contribution in [0.2, 0.25) is 0 Å². The molecule has 0 aliphatic carbocycles. The number of methoxy groups -OCH3 is 1. The van der Waals surface area contributed by atoms with Gasteiger partial charge >= 0.3 is 0 Å². The van der Waals surface area contributed by atoms with E-state index in [2.05, 4.69) is 36.5 Å². The van der Waals surface area contributed by atoms with Gasteiger partial charge in [0.05, 0.1) is 6.61 Å². The van der Waals surface area contributed by atoms with Gasteiger partial charge in [0.1, 0.15) is 0 Å². The number of ether oxygens (including phenoxy) is 1. The van der Waals surface area contributed by atoms with Crippen LogP contribution in [0.15, 0.2) is 24.3 Å². The van der Waals surface area contributed by atoms with Gasteiger partial charge in [0.15, 0.2) is 0 Å². The molecule has 0 aromatic heterocycles. The summed E-state index contributed by atoms with van der Waals surface area (Å²) < 4.78 is 5.05. The minimum Gasteiger partial charge on any atom is -0.396 e. The first-order chi connectivity index (χ1) is 7.76. The second kappa shape index (κ2) is 7.39. The van der Waals surface area contributed by atoms with Crippen LogP contribution in [0.3, 0.4) is 0 Å². The van der Waals surface area contributed by atoms with Crippen LogP contribution in [0.1, 0.15) is 24.5 Å². The molecule has 0 heterocycles. The average Bonchev–Trinajstić information content (AvgIpc) is 2.29. The molecule has 0 amide bonds. The lowest BCUT2D eigenvalue weighted by molar-refractivity contribution is 0.185. The van der Waals surface area contributed by atoms with Gasteiger partial charge in [-0.05, 0) is 24.5 Å². The molecule has 90 valence electrons. The summed E-state index contributed by atoms with van der Waals surface area (Å²) >= 11 is 0. The SMILES string of the molecule is COCc1ccc(CNC(C)CCO)cc1. The molecule has 1 aromatic rings. The minimum absolute atomic E-state index is 0.237. The number of nitrogens with one attached hydrogen (secondary N) is 1. The van der Waals surface area contributed by atoms with Gasteiger partial charge in [0.2, 0.25) is 0 Å². The summed E-state index contributed by atoms with van der Waals surface area (Å²) in [5, 5.41) is 12.1. The zero-order chi connectivity index (χ0) is 11.8. The lowest BCUT2D eigenvalue weighted by atomic mass is 10.1. The molecule has 0 saturated heterocycles. The Labute approximate surface area is 97.4 Å². The van der Waals surface area contributed by atoms with Crippen LogP contribution < -0.4 is 5.32 Å². The third-order valence-electron chi connectivity index (χ3n) is 2.55. The van der Waals surface area contributed by atoms with E-state index in [0.717, 1.165) is 13.0 Å². The van der Waals surface area contributed by atoms with E-state index >= 15 is 0 Å². The molecule has 0 spiro atoms. The summed E-state index contributed by atoms with van der Waals surface area (Å²) in [4.78, 5) is 0. The van der Waals surface area contributed by atoms with Crippen molar-refractivity contribution in [3.05, 3.63) is 35.4 Å². The maximum absolute atomic E-state index is 8.78. The van der Waals surface area contributed by atoms with Gasteiger partial charge in [-0.2, -0.15) is 0 Å². The molecule has 2 N–H and O–H groups in total. The Kier molecular flexibility index (Phi) is 6.08. The highest BCUT2D eigenvalue weighted by molar-refractivity contribution is 5.21. The maximum Gasteiger partial charge on any atom is 0.0713 e. The van der Waals surface area contributed by atoms with E-state index in [1.165, 1.54) is 11.1 Å². The minimum atomic E-state index is 0.237. The highest BCUT2D eigenvalue weighted by Crippen LogP contribution is 2.05. The first-order valence-corrected chi connectivity index (χ1v) is 5.67. The van der Waals surface area contributed by atoms with E-state index in [-0.39, 0.29) is 6.61 Å². The molecule has 3 nitrogen and oxygen atoms in total. The van der Waals surface area contributed by atoms with Gasteiger partial charge in [0.25, 0.3) is 0 Å². The average molecular weight is 223 g/mol. The second-order valence-electron chi connectivity index (χ2n) is 4.04. The number of aliphatic hydroxyl groups excluding tert-OH is 1. The lowest BCUT2D eigenvalue weighted by Gasteiger charge is -2.12. The van der Waals surface area contributed by atoms with Gasteiger partial charge in [0, 0.05) is 26.3 Å². The molecule has 3 heteroatoms. The molecule has 16 heavy (non-hydrogen) atoms. The van der Waals surface area contributed by atoms with Crippen LogP contribution in [0, 0.1) is 0 Å². The molecule has 0 aliphatic rings. The van der Waals surface area contributed by atoms with Crippen molar-refractivity contribution >= 4 is 0 Å². The molecular weight excluding hydrogens is 202 g/mol. The van der Waals surface area contributed by atoms with Crippen LogP contribution in [-0.2, 0) is 17.9 Å². The number of hydrogen-bond donors (Lipinski definition) is 2. The number of hydrogen-bond acceptors (Lipinski definition) is 3. The Bertz CT molecular complexity index is 284. The summed E-state index contributed by atoms with van der Waals surface area (Å²) in [6.07, 6.45) is 0.793. The van der Waals surface area contributed by atoms with Crippen LogP contribution in [0.4, 0.5) is 0 Å². The van der Waals surface area contributed by atoms with E-state index in [1.54, 1.807) is 7.11 Å². The molecule has 0 radical (unpaired) electrons. The zero-order valence-electron chi connectivity index (χ0n) is 10.1. The summed E-state index contributed by atoms with van der Waals surface area (Å²) in [7, 11) is 1.70. The van der Waals surface area contributed by atoms with Crippen LogP contribution in [-0.4, -0.2) is 24.9 Å². The molecule has 0 fully saturated rings. The first kappa shape index (κ1) is 13.2. The molecule has 0 aliphatic heterocycles. The number of rotatable bonds is 7. The first-order valence-electron chi connectivity index (χ1n) is 5.67. The molecule has 0 bridgehead atoms. The summed E-state index contributed by atoms with van der Waals surface area (Å²) in [6, 6.07) is 8.72. The Morgan fingerprint density at radius 1 is 1.25 bits per heavy atom. The highest BCUT2D eigenvalue weighted by atomic mass is 16.5. The normalized spacial score (nSPS) is 12.7.